The molecule has 1 fully saturated rings. The number of nitrogens with two attached hydrogens (primary N) is 1. The van der Waals surface area contributed by atoms with Gasteiger partial charge in [-0.25, -0.2) is 4.79 Å². The van der Waals surface area contributed by atoms with Crippen LogP contribution in [0.2, 0.25) is 0 Å². The quantitative estimate of drug-likeness (QED) is 0.730. The molecule has 1 aromatic rings. The zero-order valence-corrected chi connectivity index (χ0v) is 11.8. The van der Waals surface area contributed by atoms with Crippen LogP contribution in [-0.4, -0.2) is 54.4 Å². The van der Waals surface area contributed by atoms with Crippen LogP contribution in [0.15, 0.2) is 18.2 Å². The summed E-state index contributed by atoms with van der Waals surface area (Å²) in [5.41, 5.74) is 6.91. The van der Waals surface area contributed by atoms with Crippen LogP contribution in [0.4, 0.5) is 10.5 Å². The maximum atomic E-state index is 12.2. The van der Waals surface area contributed by atoms with Gasteiger partial charge in [0.05, 0.1) is 25.9 Å². The molecule has 0 aliphatic carbocycles. The van der Waals surface area contributed by atoms with Crippen molar-refractivity contribution in [3.63, 3.8) is 0 Å². The molecule has 1 aliphatic heterocycles. The minimum absolute atomic E-state index is 0.209. The zero-order chi connectivity index (χ0) is 15.4. The lowest BCUT2D eigenvalue weighted by molar-refractivity contribution is 0.0575. The fourth-order valence-electron chi connectivity index (χ4n) is 2.08. The molecule has 4 N–H and O–H groups in total. The Morgan fingerprint density at radius 1 is 1.48 bits per heavy atom. The number of urea groups is 1. The van der Waals surface area contributed by atoms with Crippen LogP contribution in [0.1, 0.15) is 15.9 Å². The van der Waals surface area contributed by atoms with Gasteiger partial charge < -0.3 is 25.8 Å². The second-order valence-corrected chi connectivity index (χ2v) is 5.00. The summed E-state index contributed by atoms with van der Waals surface area (Å²) < 4.78 is 5.18. The third-order valence-electron chi connectivity index (χ3n) is 3.30. The van der Waals surface area contributed by atoms with Gasteiger partial charge in [-0.2, -0.15) is 0 Å². The number of carbonyl (C=O) groups excluding carboxylic acids is 2. The van der Waals surface area contributed by atoms with Gasteiger partial charge in [-0.3, -0.25) is 4.79 Å². The first kappa shape index (κ1) is 15.3. The predicted molar refractivity (Wildman–Crippen MR) is 77.1 cm³/mol. The number of aliphatic hydroxyl groups excluding tert-OH is 1. The summed E-state index contributed by atoms with van der Waals surface area (Å²) in [6.45, 7) is 3.03. The van der Waals surface area contributed by atoms with Gasteiger partial charge in [0.25, 0.3) is 0 Å². The molecular formula is C14H19N3O4. The first-order valence-corrected chi connectivity index (χ1v) is 6.69. The fraction of sp³-hybridized carbons (Fsp3) is 0.429. The number of β-amino-alcohol motifs (C(OH)–C–C–N with tert-alkyl or cyclic N) is 1. The van der Waals surface area contributed by atoms with Crippen LogP contribution in [0, 0.1) is 6.92 Å². The molecule has 1 aromatic carbocycles. The van der Waals surface area contributed by atoms with Gasteiger partial charge in [-0.15, -0.1) is 0 Å². The van der Waals surface area contributed by atoms with Crippen LogP contribution in [-0.2, 0) is 4.74 Å². The number of hydrogen-bond donors (Lipinski definition) is 3. The highest BCUT2D eigenvalue weighted by atomic mass is 16.5. The van der Waals surface area contributed by atoms with E-state index in [0.29, 0.717) is 24.4 Å². The Labute approximate surface area is 122 Å². The lowest BCUT2D eigenvalue weighted by Crippen LogP contribution is -2.40. The number of carbonyl (C=O) groups is 2. The molecule has 1 heterocycles. The molecule has 2 rings (SSSR count). The van der Waals surface area contributed by atoms with E-state index in [1.165, 1.54) is 4.90 Å². The fourth-order valence-corrected chi connectivity index (χ4v) is 2.08. The number of rotatable bonds is 2. The van der Waals surface area contributed by atoms with Crippen molar-refractivity contribution in [2.75, 3.05) is 31.6 Å². The van der Waals surface area contributed by atoms with Gasteiger partial charge in [0, 0.05) is 17.8 Å². The molecule has 0 radical (unpaired) electrons. The highest BCUT2D eigenvalue weighted by Crippen LogP contribution is 2.17. The molecular weight excluding hydrogens is 274 g/mol. The molecule has 114 valence electrons. The van der Waals surface area contributed by atoms with Crippen molar-refractivity contribution >= 4 is 17.6 Å². The Morgan fingerprint density at radius 3 is 2.95 bits per heavy atom. The van der Waals surface area contributed by atoms with E-state index in [4.69, 9.17) is 10.5 Å². The summed E-state index contributed by atoms with van der Waals surface area (Å²) >= 11 is 0. The molecule has 3 amide bonds. The second-order valence-electron chi connectivity index (χ2n) is 5.00. The number of aliphatic hydroxyl groups is 1. The second kappa shape index (κ2) is 6.55. The van der Waals surface area contributed by atoms with Crippen molar-refractivity contribution in [1.29, 1.82) is 0 Å². The number of anilines is 1. The van der Waals surface area contributed by atoms with E-state index in [9.17, 15) is 14.7 Å². The highest BCUT2D eigenvalue weighted by Gasteiger charge is 2.21. The summed E-state index contributed by atoms with van der Waals surface area (Å²) in [5.74, 6) is -0.552. The van der Waals surface area contributed by atoms with E-state index in [2.05, 4.69) is 5.32 Å². The molecule has 21 heavy (non-hydrogen) atoms. The molecule has 1 aliphatic rings. The van der Waals surface area contributed by atoms with Gasteiger partial charge in [0.15, 0.2) is 0 Å². The summed E-state index contributed by atoms with van der Waals surface area (Å²) in [4.78, 5) is 24.9. The van der Waals surface area contributed by atoms with E-state index in [1.54, 1.807) is 18.2 Å². The average molecular weight is 293 g/mol. The molecule has 0 bridgehead atoms. The van der Waals surface area contributed by atoms with Crippen LogP contribution in [0.5, 0.6) is 0 Å². The van der Waals surface area contributed by atoms with Crippen LogP contribution in [0.3, 0.4) is 0 Å². The number of primary amides is 1. The molecule has 1 saturated heterocycles. The van der Waals surface area contributed by atoms with Gasteiger partial charge >= 0.3 is 6.03 Å². The standard InChI is InChI=1S/C14H19N3O4/c1-9-2-3-10(13(15)19)6-12(9)16-14(20)17-4-5-21-8-11(18)7-17/h2-3,6,11,18H,4-5,7-8H2,1H3,(H2,15,19)(H,16,20). The Kier molecular flexibility index (Phi) is 4.77. The molecule has 7 heteroatoms. The van der Waals surface area contributed by atoms with Crippen molar-refractivity contribution in [3.05, 3.63) is 29.3 Å². The number of nitrogens with zero attached hydrogens (tertiary/aromatic N) is 1. The summed E-state index contributed by atoms with van der Waals surface area (Å²) in [7, 11) is 0. The van der Waals surface area contributed by atoms with Crippen molar-refractivity contribution in [1.82, 2.24) is 4.90 Å². The van der Waals surface area contributed by atoms with Crippen molar-refractivity contribution in [2.24, 2.45) is 5.73 Å². The third-order valence-corrected chi connectivity index (χ3v) is 3.30. The minimum atomic E-state index is -0.698. The lowest BCUT2D eigenvalue weighted by Gasteiger charge is -2.22. The SMILES string of the molecule is Cc1ccc(C(N)=O)cc1NC(=O)N1CCOCC(O)C1. The average Bonchev–Trinajstić information content (AvgIpc) is 2.65. The molecule has 0 spiro atoms. The summed E-state index contributed by atoms with van der Waals surface area (Å²) in [5, 5.41) is 12.4. The van der Waals surface area contributed by atoms with E-state index >= 15 is 0 Å². The van der Waals surface area contributed by atoms with Crippen molar-refractivity contribution in [2.45, 2.75) is 13.0 Å². The monoisotopic (exact) mass is 293 g/mol. The van der Waals surface area contributed by atoms with Gasteiger partial charge in [-0.05, 0) is 24.6 Å². The largest absolute Gasteiger partial charge is 0.389 e. The van der Waals surface area contributed by atoms with Crippen molar-refractivity contribution in [3.8, 4) is 0 Å². The molecule has 0 saturated carbocycles. The Bertz CT molecular complexity index is 547. The van der Waals surface area contributed by atoms with Gasteiger partial charge in [-0.1, -0.05) is 6.07 Å². The number of benzene rings is 1. The molecule has 0 aromatic heterocycles. The van der Waals surface area contributed by atoms with Crippen LogP contribution >= 0.6 is 0 Å². The Morgan fingerprint density at radius 2 is 2.24 bits per heavy atom. The first-order chi connectivity index (χ1) is 9.97. The Balaban J connectivity index is 2.11. The topological polar surface area (TPSA) is 105 Å². The number of hydrogen-bond acceptors (Lipinski definition) is 4. The number of aryl methyl sites for hydroxylation is 1. The number of ether oxygens (including phenoxy) is 1. The first-order valence-electron chi connectivity index (χ1n) is 6.69. The molecule has 7 nitrogen and oxygen atoms in total. The minimum Gasteiger partial charge on any atom is -0.389 e. The van der Waals surface area contributed by atoms with E-state index in [-0.39, 0.29) is 19.2 Å². The van der Waals surface area contributed by atoms with Crippen molar-refractivity contribution < 1.29 is 19.4 Å². The lowest BCUT2D eigenvalue weighted by atomic mass is 10.1. The smallest absolute Gasteiger partial charge is 0.322 e. The maximum Gasteiger partial charge on any atom is 0.322 e. The van der Waals surface area contributed by atoms with Gasteiger partial charge in [0.1, 0.15) is 0 Å². The Hall–Kier alpha value is -2.12. The summed E-state index contributed by atoms with van der Waals surface area (Å²) in [6.07, 6.45) is -0.698. The maximum absolute atomic E-state index is 12.2. The third kappa shape index (κ3) is 3.93. The number of amides is 3. The normalized spacial score (nSPS) is 19.0. The van der Waals surface area contributed by atoms with E-state index in [1.807, 2.05) is 6.92 Å². The summed E-state index contributed by atoms with van der Waals surface area (Å²) in [6, 6.07) is 4.53. The number of nitrogens with one attached hydrogen (secondary N) is 1. The van der Waals surface area contributed by atoms with E-state index < -0.39 is 12.0 Å². The van der Waals surface area contributed by atoms with E-state index in [0.717, 1.165) is 5.56 Å². The molecule has 1 atom stereocenters. The van der Waals surface area contributed by atoms with Crippen LogP contribution < -0.4 is 11.1 Å². The van der Waals surface area contributed by atoms with Gasteiger partial charge in [0.2, 0.25) is 5.91 Å². The van der Waals surface area contributed by atoms with Crippen LogP contribution in [0.25, 0.3) is 0 Å². The zero-order valence-electron chi connectivity index (χ0n) is 11.8. The predicted octanol–water partition coefficient (Wildman–Crippen LogP) is 0.319. The molecule has 1 unspecified atom stereocenters. The highest BCUT2D eigenvalue weighted by molar-refractivity contribution is 5.96.